The van der Waals surface area contributed by atoms with Gasteiger partial charge in [0.1, 0.15) is 5.75 Å². The van der Waals surface area contributed by atoms with E-state index in [1.54, 1.807) is 73.7 Å². The van der Waals surface area contributed by atoms with Crippen molar-refractivity contribution in [3.63, 3.8) is 0 Å². The molecule has 2 aliphatic carbocycles. The number of hydrogen-bond donors (Lipinski definition) is 1. The predicted octanol–water partition coefficient (Wildman–Crippen LogP) is 5.76. The summed E-state index contributed by atoms with van der Waals surface area (Å²) >= 11 is 0. The molecule has 3 fully saturated rings. The Hall–Kier alpha value is -5.11. The molecule has 6 unspecified atom stereocenters. The van der Waals surface area contributed by atoms with E-state index >= 15 is 0 Å². The summed E-state index contributed by atoms with van der Waals surface area (Å²) in [6.07, 6.45) is 4.58. The molecule has 1 N–H and O–H groups in total. The van der Waals surface area contributed by atoms with Gasteiger partial charge in [0, 0.05) is 17.0 Å². The molecule has 0 aromatic heterocycles. The number of amides is 4. The van der Waals surface area contributed by atoms with Crippen molar-refractivity contribution in [2.75, 3.05) is 9.80 Å². The minimum absolute atomic E-state index is 0.0375. The van der Waals surface area contributed by atoms with E-state index in [1.807, 2.05) is 18.2 Å². The highest BCUT2D eigenvalue weighted by Crippen LogP contribution is 2.64. The first-order valence-electron chi connectivity index (χ1n) is 15.6. The normalized spacial score (nSPS) is 28.5. The summed E-state index contributed by atoms with van der Waals surface area (Å²) in [6.45, 7) is 7.07. The van der Waals surface area contributed by atoms with Gasteiger partial charge in [-0.1, -0.05) is 54.1 Å². The van der Waals surface area contributed by atoms with Gasteiger partial charge in [-0.2, -0.15) is 0 Å². The summed E-state index contributed by atoms with van der Waals surface area (Å²) < 4.78 is 0. The molecule has 4 aliphatic rings. The molecule has 4 amide bonds. The van der Waals surface area contributed by atoms with Crippen LogP contribution in [0.4, 0.5) is 11.4 Å². The van der Waals surface area contributed by atoms with E-state index in [0.717, 1.165) is 5.57 Å². The van der Waals surface area contributed by atoms with Crippen molar-refractivity contribution in [1.82, 2.24) is 0 Å². The van der Waals surface area contributed by atoms with Crippen LogP contribution in [0.1, 0.15) is 54.1 Å². The number of aromatic hydroxyl groups is 1. The van der Waals surface area contributed by atoms with E-state index in [0.29, 0.717) is 34.5 Å². The Labute approximate surface area is 267 Å². The second-order valence-corrected chi connectivity index (χ2v) is 13.0. The number of benzene rings is 3. The van der Waals surface area contributed by atoms with Crippen molar-refractivity contribution in [2.45, 2.75) is 39.0 Å². The molecule has 0 radical (unpaired) electrons. The molecule has 0 spiro atoms. The highest BCUT2D eigenvalue weighted by atomic mass is 16.3. The Kier molecular flexibility index (Phi) is 6.92. The number of carbonyl (C=O) groups is 5. The molecule has 0 bridgehead atoms. The van der Waals surface area contributed by atoms with Crippen molar-refractivity contribution in [2.24, 2.45) is 29.1 Å². The van der Waals surface area contributed by atoms with Gasteiger partial charge in [-0.15, -0.1) is 6.58 Å². The molecule has 46 heavy (non-hydrogen) atoms. The summed E-state index contributed by atoms with van der Waals surface area (Å²) in [5.74, 6) is -4.83. The molecule has 2 saturated heterocycles. The highest BCUT2D eigenvalue weighted by Gasteiger charge is 2.68. The Balaban J connectivity index is 1.36. The average Bonchev–Trinajstić information content (AvgIpc) is 3.42. The Morgan fingerprint density at radius 1 is 0.891 bits per heavy atom. The van der Waals surface area contributed by atoms with Gasteiger partial charge in [0.15, 0.2) is 5.78 Å². The van der Waals surface area contributed by atoms with Crippen molar-refractivity contribution in [1.29, 1.82) is 0 Å². The third-order valence-corrected chi connectivity index (χ3v) is 10.6. The number of hydrogen-bond acceptors (Lipinski definition) is 6. The standard InChI is InChI=1S/C38H34N2O6/c1-4-9-23-10-8-13-28(33(23)42)32-26-18-19-27-31(36(45)39(34(27)43)25-16-14-22(15-17-25)21(2)41)29(26)20-30-35(44)40(37(46)38(30,32)3)24-11-6-5-7-12-24/h4-8,10-18,27,29-32,42H,1,9,19-20H2,2-3H3. The van der Waals surface area contributed by atoms with E-state index in [9.17, 15) is 29.1 Å². The lowest BCUT2D eigenvalue weighted by molar-refractivity contribution is -0.131. The quantitative estimate of drug-likeness (QED) is 0.215. The number of phenols is 1. The summed E-state index contributed by atoms with van der Waals surface area (Å²) in [7, 11) is 0. The maximum Gasteiger partial charge on any atom is 0.241 e. The number of carbonyl (C=O) groups excluding carboxylic acids is 5. The smallest absolute Gasteiger partial charge is 0.241 e. The number of nitrogens with zero attached hydrogens (tertiary/aromatic N) is 2. The predicted molar refractivity (Wildman–Crippen MR) is 172 cm³/mol. The molecular weight excluding hydrogens is 580 g/mol. The van der Waals surface area contributed by atoms with Crippen LogP contribution in [0.3, 0.4) is 0 Å². The fourth-order valence-electron chi connectivity index (χ4n) is 8.45. The minimum Gasteiger partial charge on any atom is -0.507 e. The molecule has 3 aromatic rings. The molecule has 2 heterocycles. The number of Topliss-reactive ketones (excluding diaryl/α,β-unsaturated/α-hetero) is 1. The van der Waals surface area contributed by atoms with Gasteiger partial charge in [-0.05, 0) is 81.0 Å². The van der Waals surface area contributed by atoms with Crippen LogP contribution in [0.15, 0.2) is 97.1 Å². The average molecular weight is 615 g/mol. The van der Waals surface area contributed by atoms with E-state index in [-0.39, 0.29) is 48.0 Å². The largest absolute Gasteiger partial charge is 0.507 e. The number of anilines is 2. The Morgan fingerprint density at radius 2 is 1.59 bits per heavy atom. The lowest BCUT2D eigenvalue weighted by atomic mass is 9.51. The molecule has 8 heteroatoms. The second kappa shape index (κ2) is 10.8. The number of rotatable bonds is 6. The third-order valence-electron chi connectivity index (χ3n) is 10.6. The van der Waals surface area contributed by atoms with E-state index in [1.165, 1.54) is 16.7 Å². The van der Waals surface area contributed by atoms with Crippen LogP contribution in [-0.2, 0) is 25.6 Å². The van der Waals surface area contributed by atoms with Gasteiger partial charge >= 0.3 is 0 Å². The third kappa shape index (κ3) is 4.09. The fourth-order valence-corrected chi connectivity index (χ4v) is 8.45. The van der Waals surface area contributed by atoms with Gasteiger partial charge < -0.3 is 5.11 Å². The Morgan fingerprint density at radius 3 is 2.26 bits per heavy atom. The van der Waals surface area contributed by atoms with Crippen LogP contribution in [0.2, 0.25) is 0 Å². The van der Waals surface area contributed by atoms with Crippen LogP contribution < -0.4 is 9.80 Å². The van der Waals surface area contributed by atoms with Gasteiger partial charge in [0.25, 0.3) is 0 Å². The van der Waals surface area contributed by atoms with Crippen LogP contribution >= 0.6 is 0 Å². The number of phenolic OH excluding ortho intramolecular Hbond substituents is 1. The number of fused-ring (bicyclic) bond motifs is 4. The molecule has 232 valence electrons. The first-order valence-corrected chi connectivity index (χ1v) is 15.6. The number of imide groups is 2. The maximum absolute atomic E-state index is 14.5. The van der Waals surface area contributed by atoms with Gasteiger partial charge in [0.2, 0.25) is 23.6 Å². The lowest BCUT2D eigenvalue weighted by Gasteiger charge is -2.49. The van der Waals surface area contributed by atoms with Crippen molar-refractivity contribution < 1.29 is 29.1 Å². The van der Waals surface area contributed by atoms with Crippen molar-refractivity contribution >= 4 is 40.8 Å². The number of allylic oxidation sites excluding steroid dienone is 3. The van der Waals surface area contributed by atoms with Crippen LogP contribution in [0.5, 0.6) is 5.75 Å². The zero-order valence-electron chi connectivity index (χ0n) is 25.7. The van der Waals surface area contributed by atoms with Gasteiger partial charge in [-0.25, -0.2) is 4.90 Å². The Bertz CT molecular complexity index is 1860. The summed E-state index contributed by atoms with van der Waals surface area (Å²) in [5, 5.41) is 11.6. The summed E-state index contributed by atoms with van der Waals surface area (Å²) in [6, 6.07) is 20.7. The van der Waals surface area contributed by atoms with Crippen molar-refractivity contribution in [3.05, 3.63) is 114 Å². The first kappa shape index (κ1) is 29.6. The van der Waals surface area contributed by atoms with Gasteiger partial charge in [-0.3, -0.25) is 28.9 Å². The van der Waals surface area contributed by atoms with Crippen LogP contribution in [-0.4, -0.2) is 34.5 Å². The molecule has 3 aromatic carbocycles. The monoisotopic (exact) mass is 614 g/mol. The zero-order chi connectivity index (χ0) is 32.5. The van der Waals surface area contributed by atoms with E-state index < -0.39 is 35.0 Å². The van der Waals surface area contributed by atoms with Gasteiger partial charge in [0.05, 0.1) is 34.5 Å². The number of para-hydroxylation sites is 2. The second-order valence-electron chi connectivity index (χ2n) is 13.0. The van der Waals surface area contributed by atoms with Crippen molar-refractivity contribution in [3.8, 4) is 5.75 Å². The minimum atomic E-state index is -1.25. The van der Waals surface area contributed by atoms with E-state index in [4.69, 9.17) is 0 Å². The molecular formula is C38H34N2O6. The molecule has 6 atom stereocenters. The summed E-state index contributed by atoms with van der Waals surface area (Å²) in [4.78, 5) is 71.2. The number of ketones is 1. The van der Waals surface area contributed by atoms with Crippen LogP contribution in [0.25, 0.3) is 0 Å². The summed E-state index contributed by atoms with van der Waals surface area (Å²) in [5.41, 5.74) is 2.06. The molecule has 1 saturated carbocycles. The topological polar surface area (TPSA) is 112 Å². The molecule has 8 nitrogen and oxygen atoms in total. The SMILES string of the molecule is C=CCc1cccc(C2C3=CCC4C(=O)N(c5ccc(C(C)=O)cc5)C(=O)C4C3CC3C(=O)N(c4ccccc4)C(=O)C32C)c1O. The fraction of sp³-hybridized carbons (Fsp3) is 0.289. The first-order chi connectivity index (χ1) is 22.1. The lowest BCUT2D eigenvalue weighted by Crippen LogP contribution is -2.49. The zero-order valence-corrected chi connectivity index (χ0v) is 25.7. The maximum atomic E-state index is 14.5. The van der Waals surface area contributed by atoms with E-state index in [2.05, 4.69) is 6.58 Å². The molecule has 2 aliphatic heterocycles. The molecule has 7 rings (SSSR count). The van der Waals surface area contributed by atoms with Crippen LogP contribution in [0, 0.1) is 29.1 Å². The highest BCUT2D eigenvalue weighted by molar-refractivity contribution is 6.25.